The molecule has 4 heterocycles. The molecule has 0 bridgehead atoms. The Morgan fingerprint density at radius 3 is 2.93 bits per heavy atom. The SMILES string of the molecule is c1ccc2c(c1)CCN(Cc1cc3c(Nc4ccc5[nH]ccc5c4)ccnc3s1)C2. The van der Waals surface area contributed by atoms with E-state index in [1.807, 2.05) is 12.4 Å². The Morgan fingerprint density at radius 2 is 1.97 bits per heavy atom. The summed E-state index contributed by atoms with van der Waals surface area (Å²) in [4.78, 5) is 12.9. The van der Waals surface area contributed by atoms with Crippen molar-refractivity contribution in [2.45, 2.75) is 19.5 Å². The van der Waals surface area contributed by atoms with E-state index in [0.717, 1.165) is 47.8 Å². The van der Waals surface area contributed by atoms with Gasteiger partial charge in [-0.2, -0.15) is 0 Å². The molecule has 0 aliphatic carbocycles. The largest absolute Gasteiger partial charge is 0.361 e. The number of pyridine rings is 1. The molecule has 5 heteroatoms. The maximum atomic E-state index is 4.63. The highest BCUT2D eigenvalue weighted by molar-refractivity contribution is 7.18. The van der Waals surface area contributed by atoms with Gasteiger partial charge in [0, 0.05) is 58.9 Å². The van der Waals surface area contributed by atoms with Crippen LogP contribution in [0.2, 0.25) is 0 Å². The zero-order valence-electron chi connectivity index (χ0n) is 16.6. The van der Waals surface area contributed by atoms with Crippen LogP contribution >= 0.6 is 11.3 Å². The molecule has 2 N–H and O–H groups in total. The monoisotopic (exact) mass is 410 g/mol. The predicted molar refractivity (Wildman–Crippen MR) is 125 cm³/mol. The third-order valence-electron chi connectivity index (χ3n) is 5.91. The number of hydrogen-bond acceptors (Lipinski definition) is 4. The van der Waals surface area contributed by atoms with E-state index in [9.17, 15) is 0 Å². The van der Waals surface area contributed by atoms with E-state index in [1.165, 1.54) is 26.8 Å². The van der Waals surface area contributed by atoms with Gasteiger partial charge in [-0.05, 0) is 53.9 Å². The molecule has 0 fully saturated rings. The fourth-order valence-electron chi connectivity index (χ4n) is 4.37. The molecule has 30 heavy (non-hydrogen) atoms. The smallest absolute Gasteiger partial charge is 0.125 e. The molecular weight excluding hydrogens is 388 g/mol. The van der Waals surface area contributed by atoms with Gasteiger partial charge in [-0.1, -0.05) is 24.3 Å². The average molecular weight is 411 g/mol. The fourth-order valence-corrected chi connectivity index (χ4v) is 5.44. The molecule has 0 radical (unpaired) electrons. The Kier molecular flexibility index (Phi) is 4.29. The summed E-state index contributed by atoms with van der Waals surface area (Å²) in [6.07, 6.45) is 5.01. The molecule has 0 amide bonds. The number of anilines is 2. The van der Waals surface area contributed by atoms with Crippen LogP contribution in [0, 0.1) is 0 Å². The molecular formula is C25H22N4S. The molecule has 148 valence electrons. The summed E-state index contributed by atoms with van der Waals surface area (Å²) in [7, 11) is 0. The molecule has 0 saturated carbocycles. The van der Waals surface area contributed by atoms with Crippen molar-refractivity contribution in [2.24, 2.45) is 0 Å². The Labute approximate surface area is 179 Å². The second-order valence-corrected chi connectivity index (χ2v) is 9.04. The number of nitrogens with one attached hydrogen (secondary N) is 2. The van der Waals surface area contributed by atoms with Crippen molar-refractivity contribution < 1.29 is 0 Å². The zero-order chi connectivity index (χ0) is 19.9. The Bertz CT molecular complexity index is 1350. The van der Waals surface area contributed by atoms with Crippen LogP contribution in [-0.4, -0.2) is 21.4 Å². The second-order valence-electron chi connectivity index (χ2n) is 7.92. The summed E-state index contributed by atoms with van der Waals surface area (Å²) in [5.41, 5.74) is 6.32. The summed E-state index contributed by atoms with van der Waals surface area (Å²) in [6, 6.07) is 21.7. The Balaban J connectivity index is 1.26. The number of fused-ring (bicyclic) bond motifs is 3. The molecule has 0 atom stereocenters. The molecule has 1 aliphatic heterocycles. The number of thiophene rings is 1. The third-order valence-corrected chi connectivity index (χ3v) is 6.94. The van der Waals surface area contributed by atoms with Crippen LogP contribution in [0.1, 0.15) is 16.0 Å². The summed E-state index contributed by atoms with van der Waals surface area (Å²) in [6.45, 7) is 3.12. The van der Waals surface area contributed by atoms with Gasteiger partial charge in [0.05, 0.1) is 5.69 Å². The molecule has 3 aromatic heterocycles. The first-order valence-corrected chi connectivity index (χ1v) is 11.1. The van der Waals surface area contributed by atoms with Crippen molar-refractivity contribution in [2.75, 3.05) is 11.9 Å². The van der Waals surface area contributed by atoms with Crippen molar-refractivity contribution in [3.8, 4) is 0 Å². The molecule has 6 rings (SSSR count). The van der Waals surface area contributed by atoms with Gasteiger partial charge in [0.15, 0.2) is 0 Å². The summed E-state index contributed by atoms with van der Waals surface area (Å²) >= 11 is 1.80. The zero-order valence-corrected chi connectivity index (χ0v) is 17.4. The number of rotatable bonds is 4. The molecule has 0 spiro atoms. The van der Waals surface area contributed by atoms with Crippen molar-refractivity contribution in [1.29, 1.82) is 0 Å². The number of hydrogen-bond donors (Lipinski definition) is 2. The van der Waals surface area contributed by atoms with E-state index in [1.54, 1.807) is 11.3 Å². The standard InChI is InChI=1S/C25H22N4S/c1-2-4-19-15-29(12-9-17(19)3-1)16-21-14-22-24(8-11-27-25(22)30-21)28-20-5-6-23-18(13-20)7-10-26-23/h1-8,10-11,13-14,26H,9,12,15-16H2,(H,27,28). The first kappa shape index (κ1) is 17.7. The molecule has 2 aromatic carbocycles. The van der Waals surface area contributed by atoms with Gasteiger partial charge in [-0.25, -0.2) is 4.98 Å². The van der Waals surface area contributed by atoms with Gasteiger partial charge in [-0.15, -0.1) is 11.3 Å². The minimum Gasteiger partial charge on any atom is -0.361 e. The predicted octanol–water partition coefficient (Wildman–Crippen LogP) is 6.08. The van der Waals surface area contributed by atoms with Crippen LogP contribution < -0.4 is 5.32 Å². The molecule has 1 aliphatic rings. The first-order valence-electron chi connectivity index (χ1n) is 10.3. The van der Waals surface area contributed by atoms with Gasteiger partial charge >= 0.3 is 0 Å². The minimum absolute atomic E-state index is 0.976. The van der Waals surface area contributed by atoms with Crippen LogP contribution in [0.4, 0.5) is 11.4 Å². The molecule has 0 unspecified atom stereocenters. The van der Waals surface area contributed by atoms with Gasteiger partial charge < -0.3 is 10.3 Å². The first-order chi connectivity index (χ1) is 14.8. The number of benzene rings is 2. The third kappa shape index (κ3) is 3.26. The summed E-state index contributed by atoms with van der Waals surface area (Å²) < 4.78 is 0. The van der Waals surface area contributed by atoms with E-state index in [2.05, 4.69) is 80.8 Å². The van der Waals surface area contributed by atoms with E-state index >= 15 is 0 Å². The lowest BCUT2D eigenvalue weighted by molar-refractivity contribution is 0.248. The lowest BCUT2D eigenvalue weighted by atomic mass is 10.00. The lowest BCUT2D eigenvalue weighted by Gasteiger charge is -2.28. The van der Waals surface area contributed by atoms with E-state index < -0.39 is 0 Å². The van der Waals surface area contributed by atoms with Crippen LogP contribution in [0.5, 0.6) is 0 Å². The van der Waals surface area contributed by atoms with Crippen LogP contribution in [0.3, 0.4) is 0 Å². The minimum atomic E-state index is 0.976. The van der Waals surface area contributed by atoms with Crippen molar-refractivity contribution >= 4 is 43.8 Å². The molecule has 0 saturated heterocycles. The normalized spacial score (nSPS) is 14.3. The maximum Gasteiger partial charge on any atom is 0.125 e. The highest BCUT2D eigenvalue weighted by Crippen LogP contribution is 2.33. The summed E-state index contributed by atoms with van der Waals surface area (Å²) in [5, 5.41) is 6.01. The van der Waals surface area contributed by atoms with Crippen molar-refractivity contribution in [3.63, 3.8) is 0 Å². The maximum absolute atomic E-state index is 4.63. The topological polar surface area (TPSA) is 44.0 Å². The van der Waals surface area contributed by atoms with E-state index in [0.29, 0.717) is 0 Å². The second kappa shape index (κ2) is 7.27. The molecule has 5 aromatic rings. The highest BCUT2D eigenvalue weighted by atomic mass is 32.1. The summed E-state index contributed by atoms with van der Waals surface area (Å²) in [5.74, 6) is 0. The van der Waals surface area contributed by atoms with Crippen molar-refractivity contribution in [1.82, 2.24) is 14.9 Å². The molecule has 4 nitrogen and oxygen atoms in total. The van der Waals surface area contributed by atoms with E-state index in [4.69, 9.17) is 0 Å². The number of aromatic nitrogens is 2. The number of aromatic amines is 1. The quantitative estimate of drug-likeness (QED) is 0.377. The number of nitrogens with zero attached hydrogens (tertiary/aromatic N) is 2. The van der Waals surface area contributed by atoms with Crippen LogP contribution in [0.15, 0.2) is 73.1 Å². The Morgan fingerprint density at radius 1 is 1.03 bits per heavy atom. The number of H-pyrrole nitrogens is 1. The lowest BCUT2D eigenvalue weighted by Crippen LogP contribution is -2.29. The van der Waals surface area contributed by atoms with Crippen LogP contribution in [-0.2, 0) is 19.5 Å². The van der Waals surface area contributed by atoms with Gasteiger partial charge in [-0.3, -0.25) is 4.90 Å². The van der Waals surface area contributed by atoms with Gasteiger partial charge in [0.2, 0.25) is 0 Å². The van der Waals surface area contributed by atoms with Gasteiger partial charge in [0.25, 0.3) is 0 Å². The fraction of sp³-hybridized carbons (Fsp3) is 0.160. The van der Waals surface area contributed by atoms with Gasteiger partial charge in [0.1, 0.15) is 4.83 Å². The van der Waals surface area contributed by atoms with Crippen LogP contribution in [0.25, 0.3) is 21.1 Å². The van der Waals surface area contributed by atoms with Crippen molar-refractivity contribution in [3.05, 3.63) is 89.1 Å². The Hall–Kier alpha value is -3.15. The van der Waals surface area contributed by atoms with E-state index in [-0.39, 0.29) is 0 Å². The highest BCUT2D eigenvalue weighted by Gasteiger charge is 2.17. The average Bonchev–Trinajstić information content (AvgIpc) is 3.40.